The number of hydrogen-bond acceptors (Lipinski definition) is 5. The maximum Gasteiger partial charge on any atom is 0.183 e. The second-order valence-corrected chi connectivity index (χ2v) is 7.72. The van der Waals surface area contributed by atoms with Gasteiger partial charge in [-0.2, -0.15) is 0 Å². The van der Waals surface area contributed by atoms with Crippen LogP contribution in [0.15, 0.2) is 5.38 Å². The number of rotatable bonds is 5. The molecular formula is C15H23N3S2. The molecule has 5 heteroatoms. The zero-order valence-corrected chi connectivity index (χ0v) is 14.5. The third kappa shape index (κ3) is 3.38. The normalized spacial score (nSPS) is 11.8. The van der Waals surface area contributed by atoms with E-state index in [9.17, 15) is 0 Å². The van der Waals surface area contributed by atoms with Gasteiger partial charge in [0.25, 0.3) is 0 Å². The second kappa shape index (κ2) is 6.22. The van der Waals surface area contributed by atoms with Crippen LogP contribution in [0.2, 0.25) is 0 Å². The molecule has 110 valence electrons. The van der Waals surface area contributed by atoms with Crippen LogP contribution in [0.1, 0.15) is 51.7 Å². The Kier molecular flexibility index (Phi) is 4.81. The van der Waals surface area contributed by atoms with Crippen molar-refractivity contribution in [3.8, 4) is 10.6 Å². The van der Waals surface area contributed by atoms with Crippen molar-refractivity contribution in [1.82, 2.24) is 9.97 Å². The fourth-order valence-electron chi connectivity index (χ4n) is 1.89. The highest BCUT2D eigenvalue weighted by atomic mass is 32.1. The topological polar surface area (TPSA) is 37.8 Å². The molecule has 20 heavy (non-hydrogen) atoms. The number of anilines is 1. The van der Waals surface area contributed by atoms with Gasteiger partial charge in [0.15, 0.2) is 5.13 Å². The highest BCUT2D eigenvalue weighted by Crippen LogP contribution is 2.37. The van der Waals surface area contributed by atoms with Crippen molar-refractivity contribution >= 4 is 27.8 Å². The summed E-state index contributed by atoms with van der Waals surface area (Å²) < 4.78 is 0. The minimum atomic E-state index is 0.103. The lowest BCUT2D eigenvalue weighted by Crippen LogP contribution is -2.10. The summed E-state index contributed by atoms with van der Waals surface area (Å²) in [5.41, 5.74) is 2.38. The monoisotopic (exact) mass is 309 g/mol. The number of thiazole rings is 2. The molecule has 2 aromatic heterocycles. The molecule has 0 unspecified atom stereocenters. The maximum absolute atomic E-state index is 4.87. The fraction of sp³-hybridized carbons (Fsp3) is 0.600. The molecule has 2 heterocycles. The molecule has 0 aliphatic rings. The Morgan fingerprint density at radius 3 is 2.55 bits per heavy atom. The Labute approximate surface area is 129 Å². The first-order valence-electron chi connectivity index (χ1n) is 7.15. The Morgan fingerprint density at radius 2 is 1.95 bits per heavy atom. The summed E-state index contributed by atoms with van der Waals surface area (Å²) in [6, 6.07) is 0. The first-order valence-corrected chi connectivity index (χ1v) is 8.85. The SMILES string of the molecule is CCCc1nc(C(C)(C)C)sc1-c1csc(NCC)n1. The van der Waals surface area contributed by atoms with E-state index in [0.717, 1.165) is 30.2 Å². The minimum absolute atomic E-state index is 0.103. The smallest absolute Gasteiger partial charge is 0.183 e. The zero-order valence-electron chi connectivity index (χ0n) is 12.9. The van der Waals surface area contributed by atoms with Crippen molar-refractivity contribution in [2.75, 3.05) is 11.9 Å². The summed E-state index contributed by atoms with van der Waals surface area (Å²) in [7, 11) is 0. The van der Waals surface area contributed by atoms with Gasteiger partial charge in [-0.3, -0.25) is 0 Å². The van der Waals surface area contributed by atoms with E-state index in [0.29, 0.717) is 0 Å². The molecule has 0 bridgehead atoms. The number of nitrogens with one attached hydrogen (secondary N) is 1. The molecule has 0 amide bonds. The molecule has 0 saturated carbocycles. The maximum atomic E-state index is 4.87. The van der Waals surface area contributed by atoms with Gasteiger partial charge in [0.05, 0.1) is 21.3 Å². The molecule has 0 radical (unpaired) electrons. The molecule has 0 fully saturated rings. The summed E-state index contributed by atoms with van der Waals surface area (Å²) >= 11 is 3.47. The first-order chi connectivity index (χ1) is 9.45. The van der Waals surface area contributed by atoms with E-state index in [2.05, 4.69) is 50.3 Å². The third-order valence-electron chi connectivity index (χ3n) is 2.89. The van der Waals surface area contributed by atoms with Crippen LogP contribution in [-0.4, -0.2) is 16.5 Å². The highest BCUT2D eigenvalue weighted by Gasteiger charge is 2.23. The van der Waals surface area contributed by atoms with Gasteiger partial charge < -0.3 is 5.32 Å². The quantitative estimate of drug-likeness (QED) is 0.849. The van der Waals surface area contributed by atoms with E-state index in [1.165, 1.54) is 15.6 Å². The highest BCUT2D eigenvalue weighted by molar-refractivity contribution is 7.17. The van der Waals surface area contributed by atoms with E-state index in [1.807, 2.05) is 0 Å². The van der Waals surface area contributed by atoms with Crippen molar-refractivity contribution in [3.63, 3.8) is 0 Å². The van der Waals surface area contributed by atoms with E-state index < -0.39 is 0 Å². The second-order valence-electron chi connectivity index (χ2n) is 5.86. The minimum Gasteiger partial charge on any atom is -0.362 e. The Bertz CT molecular complexity index is 564. The summed E-state index contributed by atoms with van der Waals surface area (Å²) in [6.07, 6.45) is 2.14. The summed E-state index contributed by atoms with van der Waals surface area (Å²) in [5, 5.41) is 7.61. The van der Waals surface area contributed by atoms with E-state index in [1.54, 1.807) is 22.7 Å². The number of nitrogens with zero attached hydrogens (tertiary/aromatic N) is 2. The third-order valence-corrected chi connectivity index (χ3v) is 5.24. The van der Waals surface area contributed by atoms with Crippen LogP contribution in [0.3, 0.4) is 0 Å². The van der Waals surface area contributed by atoms with Crippen LogP contribution >= 0.6 is 22.7 Å². The predicted octanol–water partition coefficient (Wildman–Crippen LogP) is 4.95. The van der Waals surface area contributed by atoms with Gasteiger partial charge in [0.1, 0.15) is 0 Å². The molecule has 2 rings (SSSR count). The van der Waals surface area contributed by atoms with Crippen LogP contribution in [-0.2, 0) is 11.8 Å². The van der Waals surface area contributed by atoms with Crippen LogP contribution in [0.4, 0.5) is 5.13 Å². The molecule has 0 aliphatic heterocycles. The molecule has 2 aromatic rings. The molecular weight excluding hydrogens is 286 g/mol. The Hall–Kier alpha value is -0.940. The summed E-state index contributed by atoms with van der Waals surface area (Å²) in [5.74, 6) is 0. The van der Waals surface area contributed by atoms with Crippen molar-refractivity contribution in [2.24, 2.45) is 0 Å². The number of hydrogen-bond donors (Lipinski definition) is 1. The van der Waals surface area contributed by atoms with Gasteiger partial charge in [-0.15, -0.1) is 22.7 Å². The lowest BCUT2D eigenvalue weighted by atomic mass is 9.98. The van der Waals surface area contributed by atoms with E-state index in [4.69, 9.17) is 4.98 Å². The average Bonchev–Trinajstić information content (AvgIpc) is 2.95. The Balaban J connectivity index is 2.39. The van der Waals surface area contributed by atoms with E-state index >= 15 is 0 Å². The molecule has 0 saturated heterocycles. The standard InChI is InChI=1S/C15H23N3S2/c1-6-8-10-12(20-13(17-10)15(3,4)5)11-9-19-14(18-11)16-7-2/h9H,6-8H2,1-5H3,(H,16,18). The van der Waals surface area contributed by atoms with Gasteiger partial charge in [0.2, 0.25) is 0 Å². The summed E-state index contributed by atoms with van der Waals surface area (Å²) in [6.45, 7) is 11.9. The van der Waals surface area contributed by atoms with Gasteiger partial charge in [-0.25, -0.2) is 9.97 Å². The van der Waals surface area contributed by atoms with Gasteiger partial charge in [0, 0.05) is 17.3 Å². The largest absolute Gasteiger partial charge is 0.362 e. The van der Waals surface area contributed by atoms with Crippen LogP contribution < -0.4 is 5.32 Å². The lowest BCUT2D eigenvalue weighted by Gasteiger charge is -2.13. The van der Waals surface area contributed by atoms with Crippen LogP contribution in [0, 0.1) is 0 Å². The molecule has 0 atom stereocenters. The fourth-order valence-corrected chi connectivity index (χ4v) is 3.87. The van der Waals surface area contributed by atoms with Crippen LogP contribution in [0.5, 0.6) is 0 Å². The van der Waals surface area contributed by atoms with Crippen LogP contribution in [0.25, 0.3) is 10.6 Å². The van der Waals surface area contributed by atoms with E-state index in [-0.39, 0.29) is 5.41 Å². The van der Waals surface area contributed by atoms with Crippen molar-refractivity contribution in [3.05, 3.63) is 16.1 Å². The lowest BCUT2D eigenvalue weighted by molar-refractivity contribution is 0.582. The molecule has 0 aromatic carbocycles. The molecule has 1 N–H and O–H groups in total. The molecule has 0 spiro atoms. The van der Waals surface area contributed by atoms with Crippen molar-refractivity contribution < 1.29 is 0 Å². The van der Waals surface area contributed by atoms with Crippen molar-refractivity contribution in [1.29, 1.82) is 0 Å². The van der Waals surface area contributed by atoms with Gasteiger partial charge >= 0.3 is 0 Å². The van der Waals surface area contributed by atoms with Gasteiger partial charge in [-0.1, -0.05) is 34.1 Å². The molecule has 3 nitrogen and oxygen atoms in total. The predicted molar refractivity (Wildman–Crippen MR) is 90.1 cm³/mol. The number of aromatic nitrogens is 2. The zero-order chi connectivity index (χ0) is 14.8. The number of aryl methyl sites for hydroxylation is 1. The van der Waals surface area contributed by atoms with Gasteiger partial charge in [-0.05, 0) is 13.3 Å². The molecule has 0 aliphatic carbocycles. The Morgan fingerprint density at radius 1 is 1.20 bits per heavy atom. The summed E-state index contributed by atoms with van der Waals surface area (Å²) in [4.78, 5) is 10.8. The average molecular weight is 310 g/mol. The first kappa shape index (κ1) is 15.4. The van der Waals surface area contributed by atoms with Crippen molar-refractivity contribution in [2.45, 2.75) is 52.9 Å².